The number of nitrogens with one attached hydrogen (secondary N) is 2. The smallest absolute Gasteiger partial charge is 0.251 e. The van der Waals surface area contributed by atoms with Gasteiger partial charge in [0.15, 0.2) is 11.6 Å². The van der Waals surface area contributed by atoms with Crippen LogP contribution in [0.3, 0.4) is 0 Å². The normalized spacial score (nSPS) is 15.1. The Bertz CT molecular complexity index is 904. The molecule has 0 atom stereocenters. The lowest BCUT2D eigenvalue weighted by atomic mass is 10.0. The van der Waals surface area contributed by atoms with Gasteiger partial charge in [-0.05, 0) is 56.5 Å². The summed E-state index contributed by atoms with van der Waals surface area (Å²) in [5.74, 6) is -2.16. The van der Waals surface area contributed by atoms with E-state index in [-0.39, 0.29) is 24.4 Å². The summed E-state index contributed by atoms with van der Waals surface area (Å²) in [7, 11) is 0. The maximum atomic E-state index is 13.3. The van der Waals surface area contributed by atoms with E-state index in [1.54, 1.807) is 18.2 Å². The van der Waals surface area contributed by atoms with Crippen molar-refractivity contribution >= 4 is 11.8 Å². The Hall–Kier alpha value is -2.80. The molecule has 2 aromatic rings. The summed E-state index contributed by atoms with van der Waals surface area (Å²) >= 11 is 0. The lowest BCUT2D eigenvalue weighted by Crippen LogP contribution is -2.47. The molecular formula is C23H27F2N3O2. The van der Waals surface area contributed by atoms with Crippen LogP contribution in [0.4, 0.5) is 8.78 Å². The third-order valence-corrected chi connectivity index (χ3v) is 5.24. The molecule has 30 heavy (non-hydrogen) atoms. The molecule has 0 radical (unpaired) electrons. The van der Waals surface area contributed by atoms with Crippen molar-refractivity contribution in [3.63, 3.8) is 0 Å². The van der Waals surface area contributed by atoms with E-state index in [1.165, 1.54) is 6.07 Å². The molecule has 0 aliphatic carbocycles. The SMILES string of the molecule is Cc1cc(C)cc(C(=O)NCC(=O)NC2CCN(Cc3ccc(F)c(F)c3)CC2)c1. The number of nitrogens with zero attached hydrogens (tertiary/aromatic N) is 1. The van der Waals surface area contributed by atoms with Crippen molar-refractivity contribution in [2.45, 2.75) is 39.3 Å². The van der Waals surface area contributed by atoms with E-state index >= 15 is 0 Å². The van der Waals surface area contributed by atoms with Crippen molar-refractivity contribution in [1.82, 2.24) is 15.5 Å². The van der Waals surface area contributed by atoms with E-state index in [0.717, 1.165) is 48.7 Å². The molecule has 2 N–H and O–H groups in total. The standard InChI is InChI=1S/C23H27F2N3O2/c1-15-9-16(2)11-18(10-15)23(30)26-13-22(29)27-19-5-7-28(8-6-19)14-17-3-4-20(24)21(25)12-17/h3-4,9-12,19H,5-8,13-14H2,1-2H3,(H,26,30)(H,27,29). The van der Waals surface area contributed by atoms with Crippen molar-refractivity contribution < 1.29 is 18.4 Å². The molecule has 3 rings (SSSR count). The second-order valence-electron chi connectivity index (χ2n) is 7.93. The van der Waals surface area contributed by atoms with Crippen molar-refractivity contribution in [3.05, 3.63) is 70.3 Å². The van der Waals surface area contributed by atoms with Crippen LogP contribution in [0.2, 0.25) is 0 Å². The van der Waals surface area contributed by atoms with Crippen molar-refractivity contribution in [1.29, 1.82) is 0 Å². The summed E-state index contributed by atoms with van der Waals surface area (Å²) in [4.78, 5) is 26.6. The van der Waals surface area contributed by atoms with Crippen LogP contribution >= 0.6 is 0 Å². The molecule has 1 saturated heterocycles. The van der Waals surface area contributed by atoms with Crippen molar-refractivity contribution in [2.75, 3.05) is 19.6 Å². The van der Waals surface area contributed by atoms with Crippen molar-refractivity contribution in [3.8, 4) is 0 Å². The molecular weight excluding hydrogens is 388 g/mol. The molecule has 0 spiro atoms. The number of piperidine rings is 1. The maximum absolute atomic E-state index is 13.3. The Morgan fingerprint density at radius 3 is 2.30 bits per heavy atom. The number of benzene rings is 2. The number of aryl methyl sites for hydroxylation is 2. The van der Waals surface area contributed by atoms with E-state index in [9.17, 15) is 18.4 Å². The zero-order valence-corrected chi connectivity index (χ0v) is 17.3. The molecule has 0 saturated carbocycles. The minimum absolute atomic E-state index is 0.0387. The Kier molecular flexibility index (Phi) is 7.15. The Morgan fingerprint density at radius 1 is 1.00 bits per heavy atom. The number of likely N-dealkylation sites (tertiary alicyclic amines) is 1. The van der Waals surface area contributed by atoms with Gasteiger partial charge in [-0.25, -0.2) is 8.78 Å². The van der Waals surface area contributed by atoms with Gasteiger partial charge in [-0.2, -0.15) is 0 Å². The van der Waals surface area contributed by atoms with Crippen LogP contribution in [0.5, 0.6) is 0 Å². The Morgan fingerprint density at radius 2 is 1.67 bits per heavy atom. The van der Waals surface area contributed by atoms with Crippen LogP contribution in [-0.4, -0.2) is 42.4 Å². The van der Waals surface area contributed by atoms with Gasteiger partial charge in [0, 0.05) is 31.2 Å². The number of carbonyl (C=O) groups is 2. The van der Waals surface area contributed by atoms with Gasteiger partial charge >= 0.3 is 0 Å². The fourth-order valence-corrected chi connectivity index (χ4v) is 3.78. The lowest BCUT2D eigenvalue weighted by molar-refractivity contribution is -0.121. The first-order valence-electron chi connectivity index (χ1n) is 10.1. The summed E-state index contributed by atoms with van der Waals surface area (Å²) in [5.41, 5.74) is 3.27. The zero-order valence-electron chi connectivity index (χ0n) is 17.3. The third kappa shape index (κ3) is 6.10. The summed E-state index contributed by atoms with van der Waals surface area (Å²) < 4.78 is 26.4. The highest BCUT2D eigenvalue weighted by atomic mass is 19.2. The van der Waals surface area contributed by atoms with E-state index in [0.29, 0.717) is 12.1 Å². The van der Waals surface area contributed by atoms with Crippen LogP contribution in [0.15, 0.2) is 36.4 Å². The Labute approximate surface area is 175 Å². The van der Waals surface area contributed by atoms with Gasteiger partial charge in [-0.1, -0.05) is 23.3 Å². The first-order valence-corrected chi connectivity index (χ1v) is 10.1. The van der Waals surface area contributed by atoms with Gasteiger partial charge in [0.25, 0.3) is 5.91 Å². The lowest BCUT2D eigenvalue weighted by Gasteiger charge is -2.32. The van der Waals surface area contributed by atoms with Crippen LogP contribution in [0.25, 0.3) is 0 Å². The molecule has 1 heterocycles. The van der Waals surface area contributed by atoms with Crippen LogP contribution in [0, 0.1) is 25.5 Å². The second-order valence-corrected chi connectivity index (χ2v) is 7.93. The minimum atomic E-state index is -0.843. The summed E-state index contributed by atoms with van der Waals surface area (Å²) in [6.07, 6.45) is 1.53. The summed E-state index contributed by atoms with van der Waals surface area (Å²) in [6.45, 7) is 5.83. The largest absolute Gasteiger partial charge is 0.352 e. The first-order chi connectivity index (χ1) is 14.3. The zero-order chi connectivity index (χ0) is 21.7. The number of hydrogen-bond donors (Lipinski definition) is 2. The number of carbonyl (C=O) groups excluding carboxylic acids is 2. The van der Waals surface area contributed by atoms with Gasteiger partial charge in [-0.15, -0.1) is 0 Å². The topological polar surface area (TPSA) is 61.4 Å². The van der Waals surface area contributed by atoms with Gasteiger partial charge in [0.1, 0.15) is 0 Å². The average molecular weight is 415 g/mol. The van der Waals surface area contributed by atoms with Crippen molar-refractivity contribution in [2.24, 2.45) is 0 Å². The van der Waals surface area contributed by atoms with Crippen LogP contribution in [0.1, 0.15) is 39.9 Å². The molecule has 0 unspecified atom stereocenters. The predicted molar refractivity (Wildman–Crippen MR) is 111 cm³/mol. The highest BCUT2D eigenvalue weighted by Crippen LogP contribution is 2.16. The predicted octanol–water partition coefficient (Wildman–Crippen LogP) is 3.09. The number of halogens is 2. The second kappa shape index (κ2) is 9.80. The highest BCUT2D eigenvalue weighted by molar-refractivity contribution is 5.96. The highest BCUT2D eigenvalue weighted by Gasteiger charge is 2.21. The van der Waals surface area contributed by atoms with Gasteiger partial charge in [0.2, 0.25) is 5.91 Å². The monoisotopic (exact) mass is 415 g/mol. The van der Waals surface area contributed by atoms with Gasteiger partial charge < -0.3 is 10.6 Å². The molecule has 160 valence electrons. The van der Waals surface area contributed by atoms with Gasteiger partial charge in [0.05, 0.1) is 6.54 Å². The molecule has 2 aromatic carbocycles. The average Bonchev–Trinajstić information content (AvgIpc) is 2.70. The number of hydrogen-bond acceptors (Lipinski definition) is 3. The molecule has 0 bridgehead atoms. The van der Waals surface area contributed by atoms with E-state index in [2.05, 4.69) is 15.5 Å². The third-order valence-electron chi connectivity index (χ3n) is 5.24. The minimum Gasteiger partial charge on any atom is -0.352 e. The summed E-state index contributed by atoms with van der Waals surface area (Å²) in [6, 6.07) is 9.57. The molecule has 1 aliphatic rings. The van der Waals surface area contributed by atoms with Crippen LogP contribution < -0.4 is 10.6 Å². The fraction of sp³-hybridized carbons (Fsp3) is 0.391. The van der Waals surface area contributed by atoms with E-state index in [4.69, 9.17) is 0 Å². The Balaban J connectivity index is 1.40. The summed E-state index contributed by atoms with van der Waals surface area (Å²) in [5, 5.41) is 5.63. The molecule has 1 aliphatic heterocycles. The fourth-order valence-electron chi connectivity index (χ4n) is 3.78. The number of amides is 2. The van der Waals surface area contributed by atoms with Gasteiger partial charge in [-0.3, -0.25) is 14.5 Å². The van der Waals surface area contributed by atoms with E-state index < -0.39 is 11.6 Å². The quantitative estimate of drug-likeness (QED) is 0.762. The molecule has 5 nitrogen and oxygen atoms in total. The van der Waals surface area contributed by atoms with Crippen LogP contribution in [-0.2, 0) is 11.3 Å². The molecule has 1 fully saturated rings. The number of rotatable bonds is 6. The van der Waals surface area contributed by atoms with E-state index in [1.807, 2.05) is 19.9 Å². The maximum Gasteiger partial charge on any atom is 0.251 e. The first kappa shape index (κ1) is 21.9. The molecule has 0 aromatic heterocycles. The molecule has 2 amide bonds. The molecule has 7 heteroatoms.